The van der Waals surface area contributed by atoms with Crippen molar-refractivity contribution < 1.29 is 4.74 Å². The fraction of sp³-hybridized carbons (Fsp3) is 0.667. The summed E-state index contributed by atoms with van der Waals surface area (Å²) < 4.78 is 5.78. The van der Waals surface area contributed by atoms with Gasteiger partial charge in [-0.25, -0.2) is 0 Å². The van der Waals surface area contributed by atoms with E-state index >= 15 is 0 Å². The van der Waals surface area contributed by atoms with Crippen molar-refractivity contribution in [1.29, 1.82) is 0 Å². The van der Waals surface area contributed by atoms with E-state index in [2.05, 4.69) is 28.6 Å². The summed E-state index contributed by atoms with van der Waals surface area (Å²) >= 11 is 2.07. The first-order chi connectivity index (χ1) is 9.76. The lowest BCUT2D eigenvalue weighted by molar-refractivity contribution is 0.290. The monoisotopic (exact) mass is 293 g/mol. The molecule has 20 heavy (non-hydrogen) atoms. The molecule has 0 radical (unpaired) electrons. The first-order valence-electron chi connectivity index (χ1n) is 7.52. The van der Waals surface area contributed by atoms with Crippen LogP contribution >= 0.6 is 11.8 Å². The second-order valence-corrected chi connectivity index (χ2v) is 7.07. The van der Waals surface area contributed by atoms with Crippen LogP contribution in [0, 0.1) is 5.92 Å². The van der Waals surface area contributed by atoms with Crippen molar-refractivity contribution in [3.05, 3.63) is 12.1 Å². The third kappa shape index (κ3) is 3.32. The molecule has 5 heteroatoms. The number of ether oxygens (including phenoxy) is 1. The minimum absolute atomic E-state index is 0.612. The van der Waals surface area contributed by atoms with Crippen molar-refractivity contribution in [2.75, 3.05) is 36.1 Å². The van der Waals surface area contributed by atoms with Crippen molar-refractivity contribution >= 4 is 23.3 Å². The number of rotatable bonds is 5. The number of hydrogen-bond donors (Lipinski definition) is 1. The van der Waals surface area contributed by atoms with E-state index in [1.165, 1.54) is 25.0 Å². The van der Waals surface area contributed by atoms with Gasteiger partial charge in [0.1, 0.15) is 5.82 Å². The van der Waals surface area contributed by atoms with Gasteiger partial charge in [0.25, 0.3) is 0 Å². The highest BCUT2D eigenvalue weighted by molar-refractivity contribution is 8.00. The number of hydrogen-bond acceptors (Lipinski definition) is 5. The van der Waals surface area contributed by atoms with Crippen molar-refractivity contribution in [3.8, 4) is 5.88 Å². The van der Waals surface area contributed by atoms with Crippen LogP contribution in [-0.2, 0) is 0 Å². The topological polar surface area (TPSA) is 51.4 Å². The molecule has 2 heterocycles. The third-order valence-corrected chi connectivity index (χ3v) is 5.32. The number of nitrogens with zero attached hydrogens (tertiary/aromatic N) is 2. The average molecular weight is 293 g/mol. The second kappa shape index (κ2) is 6.12. The minimum atomic E-state index is 0.612. The Balaban J connectivity index is 1.70. The van der Waals surface area contributed by atoms with Crippen molar-refractivity contribution in [1.82, 2.24) is 4.98 Å². The Morgan fingerprint density at radius 1 is 1.45 bits per heavy atom. The van der Waals surface area contributed by atoms with E-state index in [4.69, 9.17) is 10.5 Å². The van der Waals surface area contributed by atoms with Gasteiger partial charge in [0.2, 0.25) is 5.88 Å². The molecule has 2 fully saturated rings. The van der Waals surface area contributed by atoms with Gasteiger partial charge < -0.3 is 15.4 Å². The van der Waals surface area contributed by atoms with Gasteiger partial charge in [0.15, 0.2) is 0 Å². The number of thioether (sulfide) groups is 1. The van der Waals surface area contributed by atoms with E-state index < -0.39 is 0 Å². The quantitative estimate of drug-likeness (QED) is 0.904. The van der Waals surface area contributed by atoms with Gasteiger partial charge in [-0.05, 0) is 37.3 Å². The van der Waals surface area contributed by atoms with Crippen LogP contribution in [0.15, 0.2) is 12.1 Å². The summed E-state index contributed by atoms with van der Waals surface area (Å²) in [7, 11) is 0. The smallest absolute Gasteiger partial charge is 0.239 e. The van der Waals surface area contributed by atoms with Crippen LogP contribution in [0.4, 0.5) is 11.5 Å². The summed E-state index contributed by atoms with van der Waals surface area (Å²) in [6.07, 6.45) is 3.77. The highest BCUT2D eigenvalue weighted by atomic mass is 32.2. The lowest BCUT2D eigenvalue weighted by atomic mass is 10.3. The summed E-state index contributed by atoms with van der Waals surface area (Å²) in [6.45, 7) is 5.14. The predicted molar refractivity (Wildman–Crippen MR) is 85.6 cm³/mol. The Hall–Kier alpha value is -1.10. The highest BCUT2D eigenvalue weighted by Crippen LogP contribution is 2.32. The molecule has 4 nitrogen and oxygen atoms in total. The highest BCUT2D eigenvalue weighted by Gasteiger charge is 2.24. The Bertz CT molecular complexity index is 464. The van der Waals surface area contributed by atoms with E-state index in [1.54, 1.807) is 0 Å². The van der Waals surface area contributed by atoms with Gasteiger partial charge in [0.05, 0.1) is 12.3 Å². The van der Waals surface area contributed by atoms with Crippen LogP contribution in [0.25, 0.3) is 0 Å². The van der Waals surface area contributed by atoms with Crippen molar-refractivity contribution in [2.24, 2.45) is 5.92 Å². The maximum absolute atomic E-state index is 5.97. The second-order valence-electron chi connectivity index (χ2n) is 5.67. The molecule has 0 amide bonds. The molecule has 1 aromatic heterocycles. The maximum Gasteiger partial charge on any atom is 0.239 e. The average Bonchev–Trinajstić information content (AvgIpc) is 3.31. The molecular weight excluding hydrogens is 270 g/mol. The molecule has 2 aliphatic rings. The lowest BCUT2D eigenvalue weighted by Gasteiger charge is -2.33. The third-order valence-electron chi connectivity index (χ3n) is 3.95. The van der Waals surface area contributed by atoms with Gasteiger partial charge >= 0.3 is 0 Å². The Labute approximate surface area is 125 Å². The molecular formula is C15H23N3OS. The van der Waals surface area contributed by atoms with Crippen LogP contribution in [-0.4, -0.2) is 35.7 Å². The van der Waals surface area contributed by atoms with E-state index in [9.17, 15) is 0 Å². The van der Waals surface area contributed by atoms with Crippen LogP contribution < -0.4 is 15.4 Å². The molecule has 110 valence electrons. The molecule has 3 rings (SSSR count). The Kier molecular flexibility index (Phi) is 4.24. The van der Waals surface area contributed by atoms with Crippen LogP contribution in [0.1, 0.15) is 26.2 Å². The van der Waals surface area contributed by atoms with E-state index in [-0.39, 0.29) is 0 Å². The van der Waals surface area contributed by atoms with E-state index in [0.29, 0.717) is 16.8 Å². The fourth-order valence-corrected chi connectivity index (χ4v) is 3.57. The first kappa shape index (κ1) is 13.9. The van der Waals surface area contributed by atoms with Crippen LogP contribution in [0.3, 0.4) is 0 Å². The summed E-state index contributed by atoms with van der Waals surface area (Å²) in [5, 5.41) is 0.707. The molecule has 1 aliphatic carbocycles. The molecule has 1 atom stereocenters. The molecule has 1 aliphatic heterocycles. The zero-order valence-corrected chi connectivity index (χ0v) is 12.9. The number of nitrogen functional groups attached to an aromatic ring is 1. The predicted octanol–water partition coefficient (Wildman–Crippen LogP) is 2.78. The summed E-state index contributed by atoms with van der Waals surface area (Å²) in [4.78, 5) is 6.99. The van der Waals surface area contributed by atoms with Crippen LogP contribution in [0.5, 0.6) is 5.88 Å². The molecule has 1 saturated carbocycles. The normalized spacial score (nSPS) is 22.9. The largest absolute Gasteiger partial charge is 0.476 e. The fourth-order valence-electron chi connectivity index (χ4n) is 2.39. The summed E-state index contributed by atoms with van der Waals surface area (Å²) in [5.74, 6) is 3.50. The summed E-state index contributed by atoms with van der Waals surface area (Å²) in [6, 6.07) is 3.94. The minimum Gasteiger partial charge on any atom is -0.476 e. The van der Waals surface area contributed by atoms with E-state index in [0.717, 1.165) is 31.4 Å². The maximum atomic E-state index is 5.97. The molecule has 1 aromatic rings. The SMILES string of the molecule is CCC1CN(c2ccc(N)c(OCC3CC3)n2)CCS1. The molecule has 1 unspecified atom stereocenters. The van der Waals surface area contributed by atoms with E-state index in [1.807, 2.05) is 12.1 Å². The number of anilines is 2. The molecule has 2 N–H and O–H groups in total. The van der Waals surface area contributed by atoms with Crippen LogP contribution in [0.2, 0.25) is 0 Å². The van der Waals surface area contributed by atoms with Gasteiger partial charge in [-0.1, -0.05) is 6.92 Å². The number of aromatic nitrogens is 1. The molecule has 0 bridgehead atoms. The van der Waals surface area contributed by atoms with Gasteiger partial charge in [0, 0.05) is 24.1 Å². The molecule has 0 spiro atoms. The van der Waals surface area contributed by atoms with Gasteiger partial charge in [-0.2, -0.15) is 16.7 Å². The Morgan fingerprint density at radius 2 is 2.30 bits per heavy atom. The number of nitrogens with two attached hydrogens (primary N) is 1. The standard InChI is InChI=1S/C15H23N3OS/c1-2-12-9-18(7-8-20-12)14-6-5-13(16)15(17-14)19-10-11-3-4-11/h5-6,11-12H,2-4,7-10,16H2,1H3. The molecule has 1 saturated heterocycles. The van der Waals surface area contributed by atoms with Gasteiger partial charge in [-0.3, -0.25) is 0 Å². The molecule has 0 aromatic carbocycles. The first-order valence-corrected chi connectivity index (χ1v) is 8.57. The van der Waals surface area contributed by atoms with Crippen molar-refractivity contribution in [3.63, 3.8) is 0 Å². The Morgan fingerprint density at radius 3 is 3.05 bits per heavy atom. The zero-order valence-electron chi connectivity index (χ0n) is 12.0. The number of pyridine rings is 1. The van der Waals surface area contributed by atoms with Gasteiger partial charge in [-0.15, -0.1) is 0 Å². The van der Waals surface area contributed by atoms with Crippen molar-refractivity contribution in [2.45, 2.75) is 31.4 Å². The zero-order chi connectivity index (χ0) is 13.9. The lowest BCUT2D eigenvalue weighted by Crippen LogP contribution is -2.38. The summed E-state index contributed by atoms with van der Waals surface area (Å²) in [5.41, 5.74) is 6.62.